The van der Waals surface area contributed by atoms with Gasteiger partial charge in [0.2, 0.25) is 0 Å². The number of anilines is 1. The van der Waals surface area contributed by atoms with Crippen molar-refractivity contribution in [3.63, 3.8) is 0 Å². The molecule has 1 aliphatic rings. The van der Waals surface area contributed by atoms with Crippen molar-refractivity contribution in [2.45, 2.75) is 12.8 Å². The Morgan fingerprint density at radius 2 is 2.06 bits per heavy atom. The van der Waals surface area contributed by atoms with Crippen molar-refractivity contribution in [3.8, 4) is 0 Å². The van der Waals surface area contributed by atoms with Crippen molar-refractivity contribution in [2.75, 3.05) is 25.1 Å². The Hall–Kier alpha value is -1.30. The number of halogens is 3. The van der Waals surface area contributed by atoms with E-state index >= 15 is 0 Å². The quantitative estimate of drug-likeness (QED) is 0.618. The summed E-state index contributed by atoms with van der Waals surface area (Å²) in [4.78, 5) is 3.13. The van der Waals surface area contributed by atoms with E-state index in [1.165, 1.54) is 12.8 Å². The molecular formula is C11H13F3N2O. The van der Waals surface area contributed by atoms with Crippen molar-refractivity contribution in [2.24, 2.45) is 5.92 Å². The van der Waals surface area contributed by atoms with E-state index in [0.717, 1.165) is 0 Å². The van der Waals surface area contributed by atoms with Gasteiger partial charge in [0, 0.05) is 19.2 Å². The van der Waals surface area contributed by atoms with Crippen molar-refractivity contribution in [1.29, 1.82) is 0 Å². The summed E-state index contributed by atoms with van der Waals surface area (Å²) in [5.41, 5.74) is 0. The van der Waals surface area contributed by atoms with Crippen LogP contribution in [0, 0.1) is 23.5 Å². The van der Waals surface area contributed by atoms with Crippen LogP contribution in [0.1, 0.15) is 12.8 Å². The molecule has 0 bridgehead atoms. The Balaban J connectivity index is 1.75. The van der Waals surface area contributed by atoms with Gasteiger partial charge < -0.3 is 10.1 Å². The number of rotatable bonds is 6. The lowest BCUT2D eigenvalue weighted by Crippen LogP contribution is -2.13. The molecular weight excluding hydrogens is 233 g/mol. The molecule has 1 N–H and O–H groups in total. The Labute approximate surface area is 97.0 Å². The number of ether oxygens (including phenoxy) is 1. The minimum Gasteiger partial charge on any atom is -0.379 e. The number of aromatic nitrogens is 1. The Morgan fingerprint density at radius 1 is 1.29 bits per heavy atom. The fraction of sp³-hybridized carbons (Fsp3) is 0.545. The molecule has 0 spiro atoms. The number of hydrogen-bond donors (Lipinski definition) is 1. The topological polar surface area (TPSA) is 34.1 Å². The van der Waals surface area contributed by atoms with E-state index in [-0.39, 0.29) is 5.82 Å². The van der Waals surface area contributed by atoms with Gasteiger partial charge in [-0.3, -0.25) is 0 Å². The van der Waals surface area contributed by atoms with Gasteiger partial charge >= 0.3 is 0 Å². The number of nitrogens with zero attached hydrogens (tertiary/aromatic N) is 1. The normalized spacial score (nSPS) is 15.0. The summed E-state index contributed by atoms with van der Waals surface area (Å²) >= 11 is 0. The summed E-state index contributed by atoms with van der Waals surface area (Å²) in [6.07, 6.45) is 2.40. The zero-order valence-corrected chi connectivity index (χ0v) is 9.18. The van der Waals surface area contributed by atoms with Crippen LogP contribution in [0.5, 0.6) is 0 Å². The van der Waals surface area contributed by atoms with Crippen LogP contribution in [0.25, 0.3) is 0 Å². The van der Waals surface area contributed by atoms with Crippen LogP contribution in [-0.2, 0) is 4.74 Å². The molecule has 0 unspecified atom stereocenters. The van der Waals surface area contributed by atoms with Crippen LogP contribution in [0.3, 0.4) is 0 Å². The molecule has 0 atom stereocenters. The highest BCUT2D eigenvalue weighted by Crippen LogP contribution is 2.28. The van der Waals surface area contributed by atoms with Crippen molar-refractivity contribution >= 4 is 5.82 Å². The molecule has 1 saturated carbocycles. The van der Waals surface area contributed by atoms with Crippen LogP contribution in [0.4, 0.5) is 19.0 Å². The predicted octanol–water partition coefficient (Wildman–Crippen LogP) is 2.34. The van der Waals surface area contributed by atoms with E-state index in [9.17, 15) is 13.2 Å². The summed E-state index contributed by atoms with van der Waals surface area (Å²) in [6, 6.07) is 0.468. The van der Waals surface area contributed by atoms with Gasteiger partial charge in [0.15, 0.2) is 17.5 Å². The van der Waals surface area contributed by atoms with Crippen LogP contribution in [0.15, 0.2) is 6.07 Å². The summed E-state index contributed by atoms with van der Waals surface area (Å²) in [5, 5.41) is 2.56. The fourth-order valence-corrected chi connectivity index (χ4v) is 1.34. The van der Waals surface area contributed by atoms with Gasteiger partial charge in [0.05, 0.1) is 6.61 Å². The van der Waals surface area contributed by atoms with Gasteiger partial charge in [0.1, 0.15) is 0 Å². The third-order valence-corrected chi connectivity index (χ3v) is 2.48. The minimum atomic E-state index is -1.31. The largest absolute Gasteiger partial charge is 0.379 e. The van der Waals surface area contributed by atoms with E-state index in [2.05, 4.69) is 10.3 Å². The molecule has 2 rings (SSSR count). The van der Waals surface area contributed by atoms with E-state index in [4.69, 9.17) is 4.74 Å². The lowest BCUT2D eigenvalue weighted by atomic mass is 10.4. The molecule has 1 aliphatic carbocycles. The molecule has 1 aromatic rings. The predicted molar refractivity (Wildman–Crippen MR) is 56.1 cm³/mol. The Bertz CT molecular complexity index is 397. The Morgan fingerprint density at radius 3 is 2.76 bits per heavy atom. The summed E-state index contributed by atoms with van der Waals surface area (Å²) < 4.78 is 43.7. The molecule has 0 amide bonds. The first-order valence-electron chi connectivity index (χ1n) is 5.50. The van der Waals surface area contributed by atoms with Crippen LogP contribution < -0.4 is 5.32 Å². The number of hydrogen-bond acceptors (Lipinski definition) is 3. The lowest BCUT2D eigenvalue weighted by Gasteiger charge is -2.07. The molecule has 0 aromatic carbocycles. The molecule has 1 aromatic heterocycles. The SMILES string of the molecule is Fc1cc(F)c(NCCOCC2CC2)nc1F. The lowest BCUT2D eigenvalue weighted by molar-refractivity contribution is 0.133. The molecule has 0 saturated heterocycles. The van der Waals surface area contributed by atoms with Crippen LogP contribution in [0.2, 0.25) is 0 Å². The molecule has 6 heteroatoms. The molecule has 3 nitrogen and oxygen atoms in total. The summed E-state index contributed by atoms with van der Waals surface area (Å²) in [7, 11) is 0. The minimum absolute atomic E-state index is 0.293. The van der Waals surface area contributed by atoms with Gasteiger partial charge in [0.25, 0.3) is 5.95 Å². The number of pyridine rings is 1. The van der Waals surface area contributed by atoms with E-state index < -0.39 is 17.6 Å². The molecule has 0 radical (unpaired) electrons. The summed E-state index contributed by atoms with van der Waals surface area (Å²) in [6.45, 7) is 1.40. The van der Waals surface area contributed by atoms with E-state index in [0.29, 0.717) is 31.7 Å². The Kier molecular flexibility index (Phi) is 3.83. The molecule has 0 aliphatic heterocycles. The van der Waals surface area contributed by atoms with Gasteiger partial charge in [-0.05, 0) is 18.8 Å². The van der Waals surface area contributed by atoms with Gasteiger partial charge in [-0.25, -0.2) is 8.78 Å². The average molecular weight is 246 g/mol. The van der Waals surface area contributed by atoms with Crippen LogP contribution in [-0.4, -0.2) is 24.7 Å². The van der Waals surface area contributed by atoms with Crippen molar-refractivity contribution < 1.29 is 17.9 Å². The molecule has 94 valence electrons. The van der Waals surface area contributed by atoms with Gasteiger partial charge in [-0.2, -0.15) is 9.37 Å². The highest BCUT2D eigenvalue weighted by Gasteiger charge is 2.20. The highest BCUT2D eigenvalue weighted by atomic mass is 19.2. The van der Waals surface area contributed by atoms with Gasteiger partial charge in [-0.1, -0.05) is 0 Å². The third kappa shape index (κ3) is 3.59. The summed E-state index contributed by atoms with van der Waals surface area (Å²) in [5.74, 6) is -3.15. The zero-order valence-electron chi connectivity index (χ0n) is 9.18. The third-order valence-electron chi connectivity index (χ3n) is 2.48. The van der Waals surface area contributed by atoms with Gasteiger partial charge in [-0.15, -0.1) is 0 Å². The first kappa shape index (κ1) is 12.2. The monoisotopic (exact) mass is 246 g/mol. The van der Waals surface area contributed by atoms with E-state index in [1.54, 1.807) is 0 Å². The van der Waals surface area contributed by atoms with Crippen LogP contribution >= 0.6 is 0 Å². The first-order valence-corrected chi connectivity index (χ1v) is 5.50. The smallest absolute Gasteiger partial charge is 0.251 e. The molecule has 17 heavy (non-hydrogen) atoms. The average Bonchev–Trinajstić information content (AvgIpc) is 3.08. The molecule has 1 heterocycles. The second-order valence-corrected chi connectivity index (χ2v) is 4.04. The maximum absolute atomic E-state index is 13.1. The second-order valence-electron chi connectivity index (χ2n) is 4.04. The highest BCUT2D eigenvalue weighted by molar-refractivity contribution is 5.35. The van der Waals surface area contributed by atoms with Crippen molar-refractivity contribution in [1.82, 2.24) is 4.98 Å². The van der Waals surface area contributed by atoms with Crippen molar-refractivity contribution in [3.05, 3.63) is 23.6 Å². The number of nitrogens with one attached hydrogen (secondary N) is 1. The maximum Gasteiger partial charge on any atom is 0.251 e. The second kappa shape index (κ2) is 5.35. The first-order chi connectivity index (χ1) is 8.16. The standard InChI is InChI=1S/C11H13F3N2O/c12-8-5-9(13)11(16-10(8)14)15-3-4-17-6-7-1-2-7/h5,7H,1-4,6H2,(H,15,16). The fourth-order valence-electron chi connectivity index (χ4n) is 1.34. The molecule has 1 fully saturated rings. The zero-order chi connectivity index (χ0) is 12.3. The maximum atomic E-state index is 13.1. The van der Waals surface area contributed by atoms with E-state index in [1.807, 2.05) is 0 Å².